The van der Waals surface area contributed by atoms with Crippen LogP contribution in [0.5, 0.6) is 17.2 Å². The fraction of sp³-hybridized carbons (Fsp3) is 0.120. The van der Waals surface area contributed by atoms with Gasteiger partial charge in [-0.25, -0.2) is 4.79 Å². The van der Waals surface area contributed by atoms with E-state index in [0.29, 0.717) is 44.4 Å². The van der Waals surface area contributed by atoms with Crippen LogP contribution in [0, 0.1) is 0 Å². The summed E-state index contributed by atoms with van der Waals surface area (Å²) in [7, 11) is 3.07. The highest BCUT2D eigenvalue weighted by atomic mass is 35.5. The van der Waals surface area contributed by atoms with Crippen molar-refractivity contribution in [3.63, 3.8) is 0 Å². The molecule has 7 heteroatoms. The van der Waals surface area contributed by atoms with Crippen molar-refractivity contribution in [2.75, 3.05) is 14.2 Å². The highest BCUT2D eigenvalue weighted by molar-refractivity contribution is 6.30. The lowest BCUT2D eigenvalue weighted by molar-refractivity contribution is -0.133. The van der Waals surface area contributed by atoms with Crippen molar-refractivity contribution in [2.45, 2.75) is 6.42 Å². The van der Waals surface area contributed by atoms with Gasteiger partial charge in [-0.15, -0.1) is 0 Å². The molecule has 6 nitrogen and oxygen atoms in total. The summed E-state index contributed by atoms with van der Waals surface area (Å²) in [6.07, 6.45) is 0.0946. The number of fused-ring (bicyclic) bond motifs is 1. The Kier molecular flexibility index (Phi) is 6.14. The van der Waals surface area contributed by atoms with Crippen LogP contribution in [-0.2, 0) is 11.2 Å². The molecule has 0 radical (unpaired) electrons. The Morgan fingerprint density at radius 2 is 1.66 bits per heavy atom. The molecule has 1 heterocycles. The average Bonchev–Trinajstić information content (AvgIpc) is 2.79. The lowest BCUT2D eigenvalue weighted by atomic mass is 10.1. The molecule has 162 valence electrons. The van der Waals surface area contributed by atoms with E-state index in [9.17, 15) is 9.59 Å². The number of halogens is 1. The summed E-state index contributed by atoms with van der Waals surface area (Å²) in [4.78, 5) is 24.9. The van der Waals surface area contributed by atoms with Crippen molar-refractivity contribution in [3.05, 3.63) is 87.7 Å². The standard InChI is InChI=1S/C25H19ClO6/c1-29-21-10-6-16(13-23(21)30-2)20-12-17-5-9-19(14-22(17)32-25(20)28)31-24(27)11-15-3-7-18(26)8-4-15/h3-10,12-14H,11H2,1-2H3. The van der Waals surface area contributed by atoms with Crippen molar-refractivity contribution in [1.29, 1.82) is 0 Å². The van der Waals surface area contributed by atoms with E-state index in [4.69, 9.17) is 30.2 Å². The normalized spacial score (nSPS) is 10.7. The maximum atomic E-state index is 12.6. The van der Waals surface area contributed by atoms with E-state index in [1.54, 1.807) is 67.8 Å². The molecule has 0 aliphatic carbocycles. The lowest BCUT2D eigenvalue weighted by Crippen LogP contribution is -2.11. The van der Waals surface area contributed by atoms with Crippen molar-refractivity contribution in [3.8, 4) is 28.4 Å². The van der Waals surface area contributed by atoms with Gasteiger partial charge in [-0.2, -0.15) is 0 Å². The largest absolute Gasteiger partial charge is 0.493 e. The molecule has 0 aliphatic rings. The molecule has 0 saturated heterocycles. The predicted octanol–water partition coefficient (Wildman–Crippen LogP) is 5.28. The van der Waals surface area contributed by atoms with Crippen LogP contribution in [-0.4, -0.2) is 20.2 Å². The minimum absolute atomic E-state index is 0.0946. The highest BCUT2D eigenvalue weighted by Gasteiger charge is 2.13. The van der Waals surface area contributed by atoms with E-state index in [2.05, 4.69) is 0 Å². The molecule has 0 N–H and O–H groups in total. The minimum Gasteiger partial charge on any atom is -0.493 e. The molecule has 0 spiro atoms. The fourth-order valence-corrected chi connectivity index (χ4v) is 3.42. The van der Waals surface area contributed by atoms with Crippen LogP contribution in [0.3, 0.4) is 0 Å². The van der Waals surface area contributed by atoms with Crippen LogP contribution in [0.25, 0.3) is 22.1 Å². The summed E-state index contributed by atoms with van der Waals surface area (Å²) in [6, 6.07) is 18.8. The number of methoxy groups -OCH3 is 2. The maximum Gasteiger partial charge on any atom is 0.344 e. The van der Waals surface area contributed by atoms with Crippen LogP contribution in [0.15, 0.2) is 75.9 Å². The number of carbonyl (C=O) groups excluding carboxylic acids is 1. The molecule has 4 rings (SSSR count). The Hall–Kier alpha value is -3.77. The van der Waals surface area contributed by atoms with Gasteiger partial charge in [-0.05, 0) is 53.6 Å². The van der Waals surface area contributed by atoms with Crippen LogP contribution in [0.4, 0.5) is 0 Å². The maximum absolute atomic E-state index is 12.6. The second-order valence-corrected chi connectivity index (χ2v) is 7.43. The third-order valence-corrected chi connectivity index (χ3v) is 5.15. The second kappa shape index (κ2) is 9.16. The zero-order valence-corrected chi connectivity index (χ0v) is 18.1. The van der Waals surface area contributed by atoms with Gasteiger partial charge < -0.3 is 18.6 Å². The molecule has 0 atom stereocenters. The van der Waals surface area contributed by atoms with Crippen molar-refractivity contribution in [1.82, 2.24) is 0 Å². The monoisotopic (exact) mass is 450 g/mol. The molecule has 3 aromatic carbocycles. The molecule has 32 heavy (non-hydrogen) atoms. The summed E-state index contributed by atoms with van der Waals surface area (Å²) in [6.45, 7) is 0. The van der Waals surface area contributed by atoms with Crippen LogP contribution in [0.1, 0.15) is 5.56 Å². The van der Waals surface area contributed by atoms with Gasteiger partial charge in [0.2, 0.25) is 0 Å². The zero-order valence-electron chi connectivity index (χ0n) is 17.4. The van der Waals surface area contributed by atoms with Crippen molar-refractivity contribution < 1.29 is 23.4 Å². The predicted molar refractivity (Wildman–Crippen MR) is 122 cm³/mol. The first-order valence-electron chi connectivity index (χ1n) is 9.72. The van der Waals surface area contributed by atoms with Crippen LogP contribution >= 0.6 is 11.6 Å². The first kappa shape index (κ1) is 21.5. The van der Waals surface area contributed by atoms with E-state index in [-0.39, 0.29) is 6.42 Å². The van der Waals surface area contributed by atoms with E-state index in [1.165, 1.54) is 13.2 Å². The lowest BCUT2D eigenvalue weighted by Gasteiger charge is -2.10. The fourth-order valence-electron chi connectivity index (χ4n) is 3.30. The third-order valence-electron chi connectivity index (χ3n) is 4.90. The smallest absolute Gasteiger partial charge is 0.344 e. The average molecular weight is 451 g/mol. The highest BCUT2D eigenvalue weighted by Crippen LogP contribution is 2.32. The van der Waals surface area contributed by atoms with Crippen LogP contribution in [0.2, 0.25) is 5.02 Å². The molecule has 1 aromatic heterocycles. The number of hydrogen-bond acceptors (Lipinski definition) is 6. The Labute approximate surface area is 188 Å². The van der Waals surface area contributed by atoms with Gasteiger partial charge in [0.05, 0.1) is 26.2 Å². The summed E-state index contributed by atoms with van der Waals surface area (Å²) in [5.74, 6) is 0.924. The third kappa shape index (κ3) is 4.60. The summed E-state index contributed by atoms with van der Waals surface area (Å²) in [5, 5.41) is 1.28. The Morgan fingerprint density at radius 1 is 0.906 bits per heavy atom. The van der Waals surface area contributed by atoms with E-state index in [1.807, 2.05) is 0 Å². The van der Waals surface area contributed by atoms with Crippen molar-refractivity contribution in [2.24, 2.45) is 0 Å². The molecule has 0 unspecified atom stereocenters. The number of hydrogen-bond donors (Lipinski definition) is 0. The van der Waals surface area contributed by atoms with Gasteiger partial charge in [0.15, 0.2) is 11.5 Å². The molecule has 0 fully saturated rings. The van der Waals surface area contributed by atoms with Gasteiger partial charge in [-0.1, -0.05) is 29.8 Å². The quantitative estimate of drug-likeness (QED) is 0.226. The van der Waals surface area contributed by atoms with Gasteiger partial charge >= 0.3 is 11.6 Å². The van der Waals surface area contributed by atoms with E-state index in [0.717, 1.165) is 5.56 Å². The molecule has 0 saturated carbocycles. The van der Waals surface area contributed by atoms with Gasteiger partial charge in [0, 0.05) is 16.5 Å². The molecule has 0 bridgehead atoms. The Morgan fingerprint density at radius 3 is 2.38 bits per heavy atom. The number of rotatable bonds is 6. The Balaban J connectivity index is 1.59. The second-order valence-electron chi connectivity index (χ2n) is 6.99. The number of esters is 1. The molecule has 0 aliphatic heterocycles. The first-order chi connectivity index (χ1) is 15.5. The van der Waals surface area contributed by atoms with E-state index >= 15 is 0 Å². The minimum atomic E-state index is -0.519. The van der Waals surface area contributed by atoms with Gasteiger partial charge in [-0.3, -0.25) is 4.79 Å². The van der Waals surface area contributed by atoms with Crippen LogP contribution < -0.4 is 19.8 Å². The first-order valence-corrected chi connectivity index (χ1v) is 10.1. The SMILES string of the molecule is COc1ccc(-c2cc3ccc(OC(=O)Cc4ccc(Cl)cc4)cc3oc2=O)cc1OC. The molecule has 4 aromatic rings. The molecular weight excluding hydrogens is 432 g/mol. The topological polar surface area (TPSA) is 75.0 Å². The molecule has 0 amide bonds. The number of carbonyl (C=O) groups is 1. The van der Waals surface area contributed by atoms with Crippen molar-refractivity contribution >= 4 is 28.5 Å². The Bertz CT molecular complexity index is 1340. The zero-order chi connectivity index (χ0) is 22.7. The molecular formula is C25H19ClO6. The summed E-state index contributed by atoms with van der Waals surface area (Å²) >= 11 is 5.86. The number of ether oxygens (including phenoxy) is 3. The van der Waals surface area contributed by atoms with Gasteiger partial charge in [0.1, 0.15) is 11.3 Å². The summed E-state index contributed by atoms with van der Waals surface area (Å²) < 4.78 is 21.5. The van der Waals surface area contributed by atoms with E-state index < -0.39 is 11.6 Å². The van der Waals surface area contributed by atoms with Gasteiger partial charge in [0.25, 0.3) is 0 Å². The summed E-state index contributed by atoms with van der Waals surface area (Å²) in [5.41, 5.74) is 1.60. The number of benzene rings is 3.